The number of hydrogen-bond donors (Lipinski definition) is 1. The Kier molecular flexibility index (Phi) is 7.79. The van der Waals surface area contributed by atoms with Gasteiger partial charge in [-0.3, -0.25) is 4.79 Å². The quantitative estimate of drug-likeness (QED) is 0.174. The van der Waals surface area contributed by atoms with Gasteiger partial charge in [-0.1, -0.05) is 64.6 Å². The van der Waals surface area contributed by atoms with Crippen LogP contribution in [0.4, 0.5) is 5.69 Å². The minimum atomic E-state index is -0.669. The van der Waals surface area contributed by atoms with Gasteiger partial charge in [-0.2, -0.15) is 5.26 Å². The number of nitrogens with zero attached hydrogens (tertiary/aromatic N) is 1. The molecule has 0 spiro atoms. The Morgan fingerprint density at radius 1 is 0.875 bits per heavy atom. The molecule has 0 atom stereocenters. The number of nitrogens with one attached hydrogen (secondary N) is 1. The van der Waals surface area contributed by atoms with Crippen LogP contribution in [0.15, 0.2) is 66.2 Å². The van der Waals surface area contributed by atoms with Crippen LogP contribution in [0.1, 0.15) is 15.9 Å². The Hall–Kier alpha value is -3.01. The van der Waals surface area contributed by atoms with E-state index in [0.717, 1.165) is 0 Å². The normalized spacial score (nSPS) is 10.9. The third-order valence-electron chi connectivity index (χ3n) is 4.08. The molecule has 0 bridgehead atoms. The number of carbonyl (C=O) groups is 2. The van der Waals surface area contributed by atoms with E-state index in [4.69, 9.17) is 51.1 Å². The van der Waals surface area contributed by atoms with Crippen molar-refractivity contribution in [2.45, 2.75) is 0 Å². The molecule has 0 saturated carbocycles. The molecule has 9 heteroatoms. The summed E-state index contributed by atoms with van der Waals surface area (Å²) in [5.74, 6) is -1.33. The molecule has 1 N–H and O–H groups in total. The molecule has 3 rings (SSSR count). The smallest absolute Gasteiger partial charge is 0.343 e. The molecule has 0 aliphatic heterocycles. The lowest BCUT2D eigenvalue weighted by molar-refractivity contribution is -0.112. The van der Waals surface area contributed by atoms with Crippen LogP contribution in [0.5, 0.6) is 5.75 Å². The number of anilines is 1. The molecular formula is C23H12Cl4N2O3. The van der Waals surface area contributed by atoms with Gasteiger partial charge in [0.05, 0.1) is 25.7 Å². The summed E-state index contributed by atoms with van der Waals surface area (Å²) in [4.78, 5) is 24.7. The maximum absolute atomic E-state index is 12.5. The first kappa shape index (κ1) is 23.6. The average molecular weight is 506 g/mol. The minimum Gasteiger partial charge on any atom is -0.420 e. The van der Waals surface area contributed by atoms with E-state index in [-0.39, 0.29) is 26.4 Å². The van der Waals surface area contributed by atoms with Crippen LogP contribution < -0.4 is 10.1 Å². The van der Waals surface area contributed by atoms with Gasteiger partial charge in [0.15, 0.2) is 5.75 Å². The predicted molar refractivity (Wildman–Crippen MR) is 127 cm³/mol. The average Bonchev–Trinajstić information content (AvgIpc) is 2.77. The number of halogens is 4. The van der Waals surface area contributed by atoms with Gasteiger partial charge in [0.1, 0.15) is 11.6 Å². The van der Waals surface area contributed by atoms with Crippen LogP contribution in [0.25, 0.3) is 6.08 Å². The monoisotopic (exact) mass is 504 g/mol. The largest absolute Gasteiger partial charge is 0.420 e. The van der Waals surface area contributed by atoms with E-state index in [9.17, 15) is 14.9 Å². The summed E-state index contributed by atoms with van der Waals surface area (Å²) in [7, 11) is 0. The van der Waals surface area contributed by atoms with E-state index < -0.39 is 11.9 Å². The first-order chi connectivity index (χ1) is 15.3. The van der Waals surface area contributed by atoms with Crippen LogP contribution >= 0.6 is 46.4 Å². The lowest BCUT2D eigenvalue weighted by atomic mass is 10.1. The van der Waals surface area contributed by atoms with Gasteiger partial charge >= 0.3 is 5.97 Å². The highest BCUT2D eigenvalue weighted by atomic mass is 35.5. The number of amides is 1. The van der Waals surface area contributed by atoms with Gasteiger partial charge in [0, 0.05) is 5.69 Å². The van der Waals surface area contributed by atoms with Crippen molar-refractivity contribution < 1.29 is 14.3 Å². The maximum Gasteiger partial charge on any atom is 0.343 e. The zero-order chi connectivity index (χ0) is 23.3. The third kappa shape index (κ3) is 5.82. The lowest BCUT2D eigenvalue weighted by Crippen LogP contribution is -2.13. The van der Waals surface area contributed by atoms with Crippen molar-refractivity contribution in [3.05, 3.63) is 97.5 Å². The molecule has 0 aliphatic carbocycles. The predicted octanol–water partition coefficient (Wildman–Crippen LogP) is 7.07. The second-order valence-corrected chi connectivity index (χ2v) is 7.95. The van der Waals surface area contributed by atoms with Gasteiger partial charge in [-0.05, 0) is 54.1 Å². The van der Waals surface area contributed by atoms with Gasteiger partial charge in [-0.15, -0.1) is 0 Å². The van der Waals surface area contributed by atoms with Gasteiger partial charge in [0.25, 0.3) is 5.91 Å². The Morgan fingerprint density at radius 3 is 2.12 bits per heavy atom. The Bertz CT molecular complexity index is 1240. The van der Waals surface area contributed by atoms with Gasteiger partial charge < -0.3 is 10.1 Å². The number of hydrogen-bond acceptors (Lipinski definition) is 4. The van der Waals surface area contributed by atoms with E-state index in [2.05, 4.69) is 5.32 Å². The van der Waals surface area contributed by atoms with E-state index in [1.807, 2.05) is 6.07 Å². The van der Waals surface area contributed by atoms with Crippen molar-refractivity contribution in [3.8, 4) is 11.8 Å². The minimum absolute atomic E-state index is 0.0295. The maximum atomic E-state index is 12.5. The Balaban J connectivity index is 1.82. The fraction of sp³-hybridized carbons (Fsp3) is 0. The van der Waals surface area contributed by atoms with Crippen molar-refractivity contribution >= 4 is 70.0 Å². The summed E-state index contributed by atoms with van der Waals surface area (Å²) in [6.07, 6.45) is 1.30. The van der Waals surface area contributed by atoms with Crippen molar-refractivity contribution in [2.24, 2.45) is 0 Å². The fourth-order valence-corrected chi connectivity index (χ4v) is 3.45. The van der Waals surface area contributed by atoms with Crippen LogP contribution in [0.2, 0.25) is 20.1 Å². The molecule has 0 heterocycles. The van der Waals surface area contributed by atoms with Crippen LogP contribution in [0.3, 0.4) is 0 Å². The van der Waals surface area contributed by atoms with Crippen LogP contribution in [-0.2, 0) is 4.79 Å². The molecule has 0 aromatic heterocycles. The highest BCUT2D eigenvalue weighted by Gasteiger charge is 2.16. The van der Waals surface area contributed by atoms with E-state index >= 15 is 0 Å². The van der Waals surface area contributed by atoms with E-state index in [1.165, 1.54) is 30.3 Å². The molecule has 160 valence electrons. The second-order valence-electron chi connectivity index (χ2n) is 6.32. The van der Waals surface area contributed by atoms with E-state index in [1.54, 1.807) is 36.4 Å². The highest BCUT2D eigenvalue weighted by molar-refractivity contribution is 6.42. The lowest BCUT2D eigenvalue weighted by Gasteiger charge is -2.10. The van der Waals surface area contributed by atoms with Crippen LogP contribution in [0, 0.1) is 11.3 Å². The summed E-state index contributed by atoms with van der Waals surface area (Å²) in [6.45, 7) is 0. The zero-order valence-electron chi connectivity index (χ0n) is 16.0. The van der Waals surface area contributed by atoms with Crippen molar-refractivity contribution in [1.29, 1.82) is 5.26 Å². The Morgan fingerprint density at radius 2 is 1.53 bits per heavy atom. The molecular weight excluding hydrogens is 494 g/mol. The van der Waals surface area contributed by atoms with Crippen LogP contribution in [-0.4, -0.2) is 11.9 Å². The molecule has 3 aromatic rings. The summed E-state index contributed by atoms with van der Waals surface area (Å²) in [5, 5.41) is 12.6. The number of benzene rings is 3. The van der Waals surface area contributed by atoms with Crippen molar-refractivity contribution in [3.63, 3.8) is 0 Å². The molecule has 0 aliphatic rings. The number of esters is 1. The van der Waals surface area contributed by atoms with E-state index in [0.29, 0.717) is 21.8 Å². The van der Waals surface area contributed by atoms with Crippen molar-refractivity contribution in [1.82, 2.24) is 0 Å². The first-order valence-corrected chi connectivity index (χ1v) is 10.4. The zero-order valence-corrected chi connectivity index (χ0v) is 19.1. The summed E-state index contributed by atoms with van der Waals surface area (Å²) < 4.78 is 5.30. The fourth-order valence-electron chi connectivity index (χ4n) is 2.57. The number of ether oxygens (including phenoxy) is 1. The number of rotatable bonds is 5. The molecule has 0 unspecified atom stereocenters. The SMILES string of the molecule is N#C/C(=C\c1cc(Cl)c(OC(=O)c2ccccc2)c(Cl)c1)C(=O)Nc1ccc(Cl)c(Cl)c1. The topological polar surface area (TPSA) is 79.2 Å². The molecule has 0 radical (unpaired) electrons. The third-order valence-corrected chi connectivity index (χ3v) is 5.38. The highest BCUT2D eigenvalue weighted by Crippen LogP contribution is 2.35. The second kappa shape index (κ2) is 10.5. The molecule has 32 heavy (non-hydrogen) atoms. The summed E-state index contributed by atoms with van der Waals surface area (Å²) in [5.41, 5.74) is 0.844. The standard InChI is InChI=1S/C23H12Cl4N2O3/c24-17-7-6-16(11-18(17)25)29-22(30)15(12-28)8-13-9-19(26)21(20(27)10-13)32-23(31)14-4-2-1-3-5-14/h1-11H,(H,29,30)/b15-8+. The molecule has 0 fully saturated rings. The molecule has 3 aromatic carbocycles. The summed E-state index contributed by atoms with van der Waals surface area (Å²) >= 11 is 24.3. The van der Waals surface area contributed by atoms with Gasteiger partial charge in [-0.25, -0.2) is 4.79 Å². The number of nitriles is 1. The molecule has 5 nitrogen and oxygen atoms in total. The number of carbonyl (C=O) groups excluding carboxylic acids is 2. The molecule has 0 saturated heterocycles. The van der Waals surface area contributed by atoms with Crippen molar-refractivity contribution in [2.75, 3.05) is 5.32 Å². The Labute approximate surface area is 203 Å². The first-order valence-electron chi connectivity index (χ1n) is 8.93. The molecule has 1 amide bonds. The summed E-state index contributed by atoms with van der Waals surface area (Å²) in [6, 6.07) is 17.5. The van der Waals surface area contributed by atoms with Gasteiger partial charge in [0.2, 0.25) is 0 Å².